The summed E-state index contributed by atoms with van der Waals surface area (Å²) in [5, 5.41) is 7.21. The molecular formula is C14H30N2. The van der Waals surface area contributed by atoms with E-state index in [4.69, 9.17) is 0 Å². The molecule has 0 saturated carbocycles. The van der Waals surface area contributed by atoms with Gasteiger partial charge in [-0.25, -0.2) is 0 Å². The Hall–Kier alpha value is -0.0800. The molecule has 2 heteroatoms. The molecule has 2 nitrogen and oxygen atoms in total. The van der Waals surface area contributed by atoms with E-state index in [0.29, 0.717) is 5.41 Å². The SMILES string of the molecule is CC(C)C(C)CNCC1(C(C)C)CCNC1. The highest BCUT2D eigenvalue weighted by molar-refractivity contribution is 4.92. The molecule has 1 aliphatic heterocycles. The normalized spacial score (nSPS) is 27.9. The molecule has 2 atom stereocenters. The third-order valence-corrected chi connectivity index (χ3v) is 4.58. The van der Waals surface area contributed by atoms with E-state index in [9.17, 15) is 0 Å². The molecule has 0 aromatic carbocycles. The van der Waals surface area contributed by atoms with E-state index >= 15 is 0 Å². The van der Waals surface area contributed by atoms with Crippen LogP contribution in [0.15, 0.2) is 0 Å². The van der Waals surface area contributed by atoms with Gasteiger partial charge in [-0.15, -0.1) is 0 Å². The van der Waals surface area contributed by atoms with Gasteiger partial charge >= 0.3 is 0 Å². The van der Waals surface area contributed by atoms with E-state index in [1.165, 1.54) is 26.1 Å². The van der Waals surface area contributed by atoms with Crippen LogP contribution in [0, 0.1) is 23.2 Å². The average molecular weight is 226 g/mol. The first kappa shape index (κ1) is 14.0. The Kier molecular flexibility index (Phi) is 5.26. The van der Waals surface area contributed by atoms with Crippen molar-refractivity contribution in [2.24, 2.45) is 23.2 Å². The van der Waals surface area contributed by atoms with E-state index < -0.39 is 0 Å². The van der Waals surface area contributed by atoms with Crippen LogP contribution in [0.2, 0.25) is 0 Å². The van der Waals surface area contributed by atoms with Crippen molar-refractivity contribution in [3.05, 3.63) is 0 Å². The molecule has 0 aliphatic carbocycles. The van der Waals surface area contributed by atoms with Crippen LogP contribution < -0.4 is 10.6 Å². The molecule has 0 spiro atoms. The molecule has 0 bridgehead atoms. The fourth-order valence-electron chi connectivity index (χ4n) is 2.40. The second-order valence-corrected chi connectivity index (χ2v) is 6.30. The first-order chi connectivity index (χ1) is 7.48. The highest BCUT2D eigenvalue weighted by atomic mass is 15.0. The quantitative estimate of drug-likeness (QED) is 0.727. The Labute approximate surface area is 102 Å². The summed E-state index contributed by atoms with van der Waals surface area (Å²) in [6, 6.07) is 0. The third kappa shape index (κ3) is 3.46. The van der Waals surface area contributed by atoms with Crippen LogP contribution in [-0.4, -0.2) is 26.2 Å². The topological polar surface area (TPSA) is 24.1 Å². The molecule has 96 valence electrons. The second kappa shape index (κ2) is 6.02. The summed E-state index contributed by atoms with van der Waals surface area (Å²) in [5.41, 5.74) is 0.497. The van der Waals surface area contributed by atoms with E-state index in [1.54, 1.807) is 0 Å². The predicted octanol–water partition coefficient (Wildman–Crippen LogP) is 2.50. The van der Waals surface area contributed by atoms with Gasteiger partial charge in [0.15, 0.2) is 0 Å². The van der Waals surface area contributed by atoms with Crippen molar-refractivity contribution < 1.29 is 0 Å². The number of hydrogen-bond acceptors (Lipinski definition) is 2. The largest absolute Gasteiger partial charge is 0.316 e. The van der Waals surface area contributed by atoms with Gasteiger partial charge < -0.3 is 10.6 Å². The summed E-state index contributed by atoms with van der Waals surface area (Å²) < 4.78 is 0. The molecule has 1 rings (SSSR count). The first-order valence-electron chi connectivity index (χ1n) is 6.89. The van der Waals surface area contributed by atoms with Gasteiger partial charge in [-0.1, -0.05) is 34.6 Å². The highest BCUT2D eigenvalue weighted by Gasteiger charge is 2.36. The van der Waals surface area contributed by atoms with Gasteiger partial charge in [-0.3, -0.25) is 0 Å². The zero-order valence-electron chi connectivity index (χ0n) is 11.8. The number of nitrogens with one attached hydrogen (secondary N) is 2. The van der Waals surface area contributed by atoms with E-state index in [-0.39, 0.29) is 0 Å². The van der Waals surface area contributed by atoms with Crippen molar-refractivity contribution in [2.75, 3.05) is 26.2 Å². The van der Waals surface area contributed by atoms with Crippen LogP contribution in [0.4, 0.5) is 0 Å². The molecule has 1 aliphatic rings. The second-order valence-electron chi connectivity index (χ2n) is 6.30. The van der Waals surface area contributed by atoms with Gasteiger partial charge in [0.1, 0.15) is 0 Å². The van der Waals surface area contributed by atoms with Crippen molar-refractivity contribution in [1.29, 1.82) is 0 Å². The summed E-state index contributed by atoms with van der Waals surface area (Å²) in [4.78, 5) is 0. The van der Waals surface area contributed by atoms with Gasteiger partial charge in [0.25, 0.3) is 0 Å². The molecule has 16 heavy (non-hydrogen) atoms. The van der Waals surface area contributed by atoms with Crippen LogP contribution in [0.5, 0.6) is 0 Å². The maximum Gasteiger partial charge on any atom is 0.00230 e. The molecule has 0 amide bonds. The summed E-state index contributed by atoms with van der Waals surface area (Å²) in [6.45, 7) is 16.4. The van der Waals surface area contributed by atoms with Crippen LogP contribution in [0.3, 0.4) is 0 Å². The standard InChI is InChI=1S/C14H30N2/c1-11(2)13(5)8-16-10-14(12(3)4)6-7-15-9-14/h11-13,15-16H,6-10H2,1-5H3. The van der Waals surface area contributed by atoms with Crippen LogP contribution in [-0.2, 0) is 0 Å². The van der Waals surface area contributed by atoms with Crippen LogP contribution >= 0.6 is 0 Å². The van der Waals surface area contributed by atoms with Crippen molar-refractivity contribution in [3.63, 3.8) is 0 Å². The minimum Gasteiger partial charge on any atom is -0.316 e. The lowest BCUT2D eigenvalue weighted by atomic mass is 9.76. The van der Waals surface area contributed by atoms with Crippen molar-refractivity contribution in [2.45, 2.75) is 41.0 Å². The Morgan fingerprint density at radius 3 is 2.31 bits per heavy atom. The highest BCUT2D eigenvalue weighted by Crippen LogP contribution is 2.33. The maximum atomic E-state index is 3.69. The first-order valence-corrected chi connectivity index (χ1v) is 6.89. The molecule has 0 aromatic heterocycles. The van der Waals surface area contributed by atoms with Gasteiger partial charge in [-0.05, 0) is 42.7 Å². The van der Waals surface area contributed by atoms with Gasteiger partial charge in [0.2, 0.25) is 0 Å². The molecular weight excluding hydrogens is 196 g/mol. The van der Waals surface area contributed by atoms with Crippen LogP contribution in [0.25, 0.3) is 0 Å². The molecule has 2 N–H and O–H groups in total. The van der Waals surface area contributed by atoms with Crippen molar-refractivity contribution >= 4 is 0 Å². The lowest BCUT2D eigenvalue weighted by Gasteiger charge is -2.33. The number of rotatable bonds is 6. The van der Waals surface area contributed by atoms with E-state index in [0.717, 1.165) is 24.3 Å². The van der Waals surface area contributed by atoms with Crippen molar-refractivity contribution in [1.82, 2.24) is 10.6 Å². The molecule has 0 aromatic rings. The number of hydrogen-bond donors (Lipinski definition) is 2. The zero-order valence-corrected chi connectivity index (χ0v) is 11.8. The lowest BCUT2D eigenvalue weighted by molar-refractivity contribution is 0.202. The maximum absolute atomic E-state index is 3.69. The van der Waals surface area contributed by atoms with E-state index in [2.05, 4.69) is 45.3 Å². The minimum atomic E-state index is 0.497. The lowest BCUT2D eigenvalue weighted by Crippen LogP contribution is -2.41. The average Bonchev–Trinajstić information content (AvgIpc) is 2.67. The molecule has 1 fully saturated rings. The predicted molar refractivity (Wildman–Crippen MR) is 71.6 cm³/mol. The van der Waals surface area contributed by atoms with Crippen LogP contribution in [0.1, 0.15) is 41.0 Å². The van der Waals surface area contributed by atoms with Gasteiger partial charge in [0, 0.05) is 13.1 Å². The minimum absolute atomic E-state index is 0.497. The Morgan fingerprint density at radius 2 is 1.88 bits per heavy atom. The monoisotopic (exact) mass is 226 g/mol. The Balaban J connectivity index is 2.34. The third-order valence-electron chi connectivity index (χ3n) is 4.58. The van der Waals surface area contributed by atoms with Gasteiger partial charge in [-0.2, -0.15) is 0 Å². The van der Waals surface area contributed by atoms with Crippen molar-refractivity contribution in [3.8, 4) is 0 Å². The summed E-state index contributed by atoms with van der Waals surface area (Å²) in [7, 11) is 0. The molecule has 2 unspecified atom stereocenters. The fourth-order valence-corrected chi connectivity index (χ4v) is 2.40. The summed E-state index contributed by atoms with van der Waals surface area (Å²) in [5.74, 6) is 2.33. The molecule has 0 radical (unpaired) electrons. The summed E-state index contributed by atoms with van der Waals surface area (Å²) in [6.07, 6.45) is 1.33. The van der Waals surface area contributed by atoms with Gasteiger partial charge in [0.05, 0.1) is 0 Å². The Morgan fingerprint density at radius 1 is 1.19 bits per heavy atom. The smallest absolute Gasteiger partial charge is 0.00230 e. The molecule has 1 heterocycles. The summed E-state index contributed by atoms with van der Waals surface area (Å²) >= 11 is 0. The molecule has 1 saturated heterocycles. The van der Waals surface area contributed by atoms with E-state index in [1.807, 2.05) is 0 Å². The Bertz CT molecular complexity index is 193. The fraction of sp³-hybridized carbons (Fsp3) is 1.00. The zero-order chi connectivity index (χ0) is 12.2.